The van der Waals surface area contributed by atoms with Gasteiger partial charge in [-0.25, -0.2) is 19.6 Å². The molecule has 0 bridgehead atoms. The van der Waals surface area contributed by atoms with E-state index in [1.807, 2.05) is 116 Å². The van der Waals surface area contributed by atoms with Gasteiger partial charge in [-0.2, -0.15) is 5.10 Å². The number of nitrogens with one attached hydrogen (secondary N) is 1. The van der Waals surface area contributed by atoms with Crippen molar-refractivity contribution in [2.24, 2.45) is 14.1 Å². The maximum Gasteiger partial charge on any atom is 1.00 e. The maximum atomic E-state index is 12.8. The largest absolute Gasteiger partial charge is 1.00 e. The summed E-state index contributed by atoms with van der Waals surface area (Å²) >= 11 is 14.9. The molecule has 4 aromatic heterocycles. The van der Waals surface area contributed by atoms with Crippen LogP contribution < -0.4 is 66.0 Å². The van der Waals surface area contributed by atoms with E-state index in [1.54, 1.807) is 68.9 Å². The third-order valence-corrected chi connectivity index (χ3v) is 10.7. The second-order valence-electron chi connectivity index (χ2n) is 16.2. The zero-order valence-corrected chi connectivity index (χ0v) is 46.2. The summed E-state index contributed by atoms with van der Waals surface area (Å²) in [6.07, 6.45) is 3.24. The molecule has 0 amide bonds. The number of carbonyl (C=O) groups is 2. The van der Waals surface area contributed by atoms with Gasteiger partial charge in [-0.3, -0.25) is 5.10 Å². The average molecular weight is 1010 g/mol. The second-order valence-corrected chi connectivity index (χ2v) is 20.2. The molecule has 15 nitrogen and oxygen atoms in total. The summed E-state index contributed by atoms with van der Waals surface area (Å²) in [5.74, 6) is 0.594. The summed E-state index contributed by atoms with van der Waals surface area (Å²) in [7, 11) is 6.93. The van der Waals surface area contributed by atoms with Crippen molar-refractivity contribution in [1.29, 1.82) is 0 Å². The Hall–Kier alpha value is -3.28. The van der Waals surface area contributed by atoms with Gasteiger partial charge in [-0.05, 0) is 138 Å². The summed E-state index contributed by atoms with van der Waals surface area (Å²) in [4.78, 5) is 37.2. The van der Waals surface area contributed by atoms with Crippen LogP contribution in [-0.4, -0.2) is 82.5 Å². The number of esters is 2. The van der Waals surface area contributed by atoms with Crippen molar-refractivity contribution in [2.45, 2.75) is 109 Å². The number of hydrogen-bond acceptors (Lipinski definition) is 16. The van der Waals surface area contributed by atoms with E-state index >= 15 is 0 Å². The predicted molar refractivity (Wildman–Crippen MR) is 251 cm³/mol. The van der Waals surface area contributed by atoms with E-state index in [4.69, 9.17) is 42.8 Å². The number of methoxy groups -OCH3 is 2. The van der Waals surface area contributed by atoms with Crippen LogP contribution in [0.5, 0.6) is 11.5 Å². The molecule has 1 N–H and O–H groups in total. The molecule has 0 aliphatic heterocycles. The van der Waals surface area contributed by atoms with Crippen LogP contribution >= 0.6 is 59.1 Å². The topological polar surface area (TPSA) is 184 Å². The fourth-order valence-corrected chi connectivity index (χ4v) is 7.08. The van der Waals surface area contributed by atoms with E-state index in [1.165, 1.54) is 35.3 Å². The zero-order valence-electron chi connectivity index (χ0n) is 39.1. The van der Waals surface area contributed by atoms with Gasteiger partial charge in [0.2, 0.25) is 0 Å². The average Bonchev–Trinajstić information content (AvgIpc) is 3.79. The minimum absolute atomic E-state index is 0. The third-order valence-electron chi connectivity index (χ3n) is 6.99. The normalized spacial score (nSPS) is 10.9. The minimum Gasteiger partial charge on any atom is -0.850 e. The van der Waals surface area contributed by atoms with Gasteiger partial charge in [0.25, 0.3) is 0 Å². The minimum atomic E-state index is -0.750. The molecule has 0 aliphatic rings. The van der Waals surface area contributed by atoms with Gasteiger partial charge < -0.3 is 33.2 Å². The van der Waals surface area contributed by atoms with Gasteiger partial charge >= 0.3 is 63.3 Å². The van der Waals surface area contributed by atoms with Crippen LogP contribution in [0.15, 0.2) is 115 Å². The molecule has 6 rings (SSSR count). The van der Waals surface area contributed by atoms with Gasteiger partial charge in [0.15, 0.2) is 21.3 Å². The molecule has 0 aliphatic carbocycles. The Kier molecular flexibility index (Phi) is 23.9. The number of benzene rings is 2. The summed E-state index contributed by atoms with van der Waals surface area (Å²) in [6.45, 7) is 15.8. The van der Waals surface area contributed by atoms with E-state index in [-0.39, 0.29) is 67.9 Å². The van der Waals surface area contributed by atoms with E-state index in [2.05, 4.69) is 30.4 Å². The molecule has 2 aromatic carbocycles. The number of carbonyl (C=O) groups excluding carboxylic acids is 2. The smallest absolute Gasteiger partial charge is 0.850 e. The van der Waals surface area contributed by atoms with Crippen molar-refractivity contribution in [3.05, 3.63) is 107 Å². The monoisotopic (exact) mass is 1010 g/mol. The number of aromatic amines is 1. The molecule has 0 atom stereocenters. The first-order valence-corrected chi connectivity index (χ1v) is 22.6. The molecule has 0 radical (unpaired) electrons. The van der Waals surface area contributed by atoms with Crippen LogP contribution in [-0.2, 0) is 23.6 Å². The first-order chi connectivity index (χ1) is 29.8. The summed E-state index contributed by atoms with van der Waals surface area (Å²) in [6, 6.07) is 22.3. The van der Waals surface area contributed by atoms with Crippen LogP contribution in [0.3, 0.4) is 0 Å². The Labute approximate surface area is 446 Å². The van der Waals surface area contributed by atoms with Crippen LogP contribution in [0.4, 0.5) is 0 Å². The summed E-state index contributed by atoms with van der Waals surface area (Å²) < 4.78 is 25.5. The summed E-state index contributed by atoms with van der Waals surface area (Å²) in [5.41, 5.74) is -1.47. The van der Waals surface area contributed by atoms with Crippen molar-refractivity contribution in [1.82, 2.24) is 39.5 Å². The first-order valence-electron chi connectivity index (χ1n) is 19.4. The van der Waals surface area contributed by atoms with Crippen LogP contribution in [0.2, 0.25) is 5.15 Å². The second kappa shape index (κ2) is 26.9. The Bertz CT molecular complexity index is 2480. The predicted octanol–water partition coefficient (Wildman–Crippen LogP) is 6.95. The molecule has 4 heterocycles. The fourth-order valence-electron chi connectivity index (χ4n) is 4.32. The molecule has 65 heavy (non-hydrogen) atoms. The molecule has 0 saturated heterocycles. The Balaban J connectivity index is 0.000000356. The van der Waals surface area contributed by atoms with Crippen molar-refractivity contribution >= 4 is 71.0 Å². The zero-order chi connectivity index (χ0) is 47.8. The number of aromatic nitrogens is 8. The SMILES string of the molecule is CC(C)(C)[O-].COc1ccc(Sc2ccc(Cl)nc2C(=O)OC(C)(C)C)cc1.COc1ccc(Sc2ccc(Sc3nncn3C)nc2C(=O)OC(C)(C)C)cc1.Cn1cn[nH]c1=S.[K+]. The molecule has 0 unspecified atom stereocenters. The molecule has 0 spiro atoms. The van der Waals surface area contributed by atoms with Crippen LogP contribution in [0, 0.1) is 4.77 Å². The number of hydrogen-bond donors (Lipinski definition) is 1. The number of aryl methyl sites for hydroxylation is 2. The Morgan fingerprint density at radius 1 is 0.677 bits per heavy atom. The molecule has 21 heteroatoms. The van der Waals surface area contributed by atoms with E-state index < -0.39 is 28.7 Å². The number of ether oxygens (including phenoxy) is 4. The van der Waals surface area contributed by atoms with E-state index in [0.29, 0.717) is 24.7 Å². The third kappa shape index (κ3) is 22.4. The number of rotatable bonds is 10. The number of halogens is 1. The van der Waals surface area contributed by atoms with Gasteiger partial charge in [0, 0.05) is 33.7 Å². The fraction of sp³-hybridized carbons (Fsp3) is 0.364. The van der Waals surface area contributed by atoms with Crippen molar-refractivity contribution < 1.29 is 85.0 Å². The molecule has 0 saturated carbocycles. The van der Waals surface area contributed by atoms with E-state index in [9.17, 15) is 14.7 Å². The Morgan fingerprint density at radius 2 is 1.12 bits per heavy atom. The molecule has 344 valence electrons. The molecule has 0 fully saturated rings. The first kappa shape index (κ1) is 57.8. The van der Waals surface area contributed by atoms with Gasteiger partial charge in [-0.15, -0.1) is 15.8 Å². The van der Waals surface area contributed by atoms with Crippen LogP contribution in [0.25, 0.3) is 0 Å². The van der Waals surface area contributed by atoms with Gasteiger partial charge in [-0.1, -0.05) is 55.9 Å². The van der Waals surface area contributed by atoms with Crippen molar-refractivity contribution in [3.8, 4) is 11.5 Å². The van der Waals surface area contributed by atoms with Gasteiger partial charge in [0.05, 0.1) is 14.2 Å². The quantitative estimate of drug-likeness (QED) is 0.0643. The molecular formula is C44H54ClKN8O7S4. The number of nitrogens with zero attached hydrogens (tertiary/aromatic N) is 7. The van der Waals surface area contributed by atoms with Gasteiger partial charge in [0.1, 0.15) is 45.5 Å². The summed E-state index contributed by atoms with van der Waals surface area (Å²) in [5, 5.41) is 25.9. The number of H-pyrrole nitrogens is 1. The van der Waals surface area contributed by atoms with Crippen molar-refractivity contribution in [3.63, 3.8) is 0 Å². The van der Waals surface area contributed by atoms with Crippen molar-refractivity contribution in [2.75, 3.05) is 14.2 Å². The molecule has 6 aromatic rings. The Morgan fingerprint density at radius 3 is 1.48 bits per heavy atom. The maximum absolute atomic E-state index is 12.8. The standard InChI is InChI=1S/C20H22N4O3S2.C17H18ClNO3S.C4H9O.C3H5N3S.K/c1-20(2,3)27-18(25)17-15(28-14-8-6-13(26-5)7-9-14)10-11-16(22-17)29-19-23-21-12-24(19)4;1-17(2,3)22-16(20)15-13(9-10-14(18)19-15)23-12-7-5-11(21-4)6-8-12;1-4(2,3)5;1-6-2-4-5-3(6)7;/h6-12H,1-5H3;5-10H,1-4H3;1-3H3;2H,1H3,(H,5,7);/q;;-1;;+1. The molecular weight excluding hydrogens is 955 g/mol. The van der Waals surface area contributed by atoms with E-state index in [0.717, 1.165) is 21.3 Å². The van der Waals surface area contributed by atoms with Crippen LogP contribution in [0.1, 0.15) is 83.3 Å². The number of pyridine rings is 2.